The van der Waals surface area contributed by atoms with Crippen LogP contribution in [-0.4, -0.2) is 11.1 Å². The summed E-state index contributed by atoms with van der Waals surface area (Å²) in [6, 6.07) is 2.34. The van der Waals surface area contributed by atoms with E-state index in [1.807, 2.05) is 0 Å². The number of carboxylic acids is 1. The summed E-state index contributed by atoms with van der Waals surface area (Å²) in [5.74, 6) is -1.58. The monoisotopic (exact) mass is 298 g/mol. The van der Waals surface area contributed by atoms with Gasteiger partial charge in [0.1, 0.15) is 5.82 Å². The zero-order valence-corrected chi connectivity index (χ0v) is 8.77. The molecule has 1 aromatic carbocycles. The molecule has 0 aliphatic heterocycles. The SMILES string of the molecule is O=C(O)c1cc(S)c(F)cc1I. The van der Waals surface area contributed by atoms with Crippen molar-refractivity contribution in [1.82, 2.24) is 0 Å². The Hall–Kier alpha value is -0.300. The van der Waals surface area contributed by atoms with Crippen molar-refractivity contribution in [2.45, 2.75) is 4.90 Å². The summed E-state index contributed by atoms with van der Waals surface area (Å²) in [4.78, 5) is 10.6. The molecule has 0 heterocycles. The van der Waals surface area contributed by atoms with Gasteiger partial charge in [-0.3, -0.25) is 0 Å². The summed E-state index contributed by atoms with van der Waals surface area (Å²) in [6.07, 6.45) is 0. The predicted molar refractivity (Wildman–Crippen MR) is 53.3 cm³/mol. The summed E-state index contributed by atoms with van der Waals surface area (Å²) in [5, 5.41) is 8.62. The van der Waals surface area contributed by atoms with E-state index in [-0.39, 0.29) is 10.5 Å². The maximum Gasteiger partial charge on any atom is 0.336 e. The molecule has 64 valence electrons. The average molecular weight is 298 g/mol. The van der Waals surface area contributed by atoms with Gasteiger partial charge in [-0.25, -0.2) is 9.18 Å². The smallest absolute Gasteiger partial charge is 0.336 e. The molecule has 1 aromatic rings. The van der Waals surface area contributed by atoms with E-state index in [4.69, 9.17) is 5.11 Å². The van der Waals surface area contributed by atoms with E-state index in [1.54, 1.807) is 22.6 Å². The van der Waals surface area contributed by atoms with Gasteiger partial charge in [0.05, 0.1) is 5.56 Å². The Bertz CT molecular complexity index is 340. The maximum absolute atomic E-state index is 12.7. The number of hydrogen-bond acceptors (Lipinski definition) is 2. The zero-order valence-electron chi connectivity index (χ0n) is 5.71. The summed E-state index contributed by atoms with van der Waals surface area (Å²) >= 11 is 5.53. The topological polar surface area (TPSA) is 37.3 Å². The van der Waals surface area contributed by atoms with Crippen LogP contribution in [0.4, 0.5) is 4.39 Å². The van der Waals surface area contributed by atoms with Crippen molar-refractivity contribution in [3.05, 3.63) is 27.1 Å². The van der Waals surface area contributed by atoms with E-state index in [1.165, 1.54) is 6.07 Å². The quantitative estimate of drug-likeness (QED) is 0.617. The molecule has 0 amide bonds. The average Bonchev–Trinajstić information content (AvgIpc) is 1.96. The van der Waals surface area contributed by atoms with E-state index in [0.717, 1.165) is 6.07 Å². The summed E-state index contributed by atoms with van der Waals surface area (Å²) in [6.45, 7) is 0. The highest BCUT2D eigenvalue weighted by molar-refractivity contribution is 14.1. The van der Waals surface area contributed by atoms with Crippen molar-refractivity contribution in [3.63, 3.8) is 0 Å². The zero-order chi connectivity index (χ0) is 9.30. The molecular weight excluding hydrogens is 294 g/mol. The number of halogens is 2. The molecule has 0 aliphatic rings. The molecular formula is C7H4FIO2S. The number of thiol groups is 1. The molecule has 0 spiro atoms. The fourth-order valence-electron chi connectivity index (χ4n) is 0.701. The van der Waals surface area contributed by atoms with Crippen LogP contribution in [0.5, 0.6) is 0 Å². The normalized spacial score (nSPS) is 9.92. The number of carbonyl (C=O) groups is 1. The van der Waals surface area contributed by atoms with Gasteiger partial charge < -0.3 is 5.11 Å². The minimum Gasteiger partial charge on any atom is -0.478 e. The Morgan fingerprint density at radius 1 is 1.58 bits per heavy atom. The number of hydrogen-bond donors (Lipinski definition) is 2. The first-order chi connectivity index (χ1) is 5.52. The molecule has 2 nitrogen and oxygen atoms in total. The Kier molecular flexibility index (Phi) is 2.94. The first-order valence-electron chi connectivity index (χ1n) is 2.93. The molecule has 0 bridgehead atoms. The first-order valence-corrected chi connectivity index (χ1v) is 4.46. The molecule has 0 saturated heterocycles. The van der Waals surface area contributed by atoms with E-state index in [2.05, 4.69) is 12.6 Å². The van der Waals surface area contributed by atoms with Crippen molar-refractivity contribution in [1.29, 1.82) is 0 Å². The number of benzene rings is 1. The van der Waals surface area contributed by atoms with Gasteiger partial charge in [-0.15, -0.1) is 12.6 Å². The van der Waals surface area contributed by atoms with E-state index in [9.17, 15) is 9.18 Å². The minimum absolute atomic E-state index is 0.0489. The third-order valence-corrected chi connectivity index (χ3v) is 2.50. The molecule has 0 unspecified atom stereocenters. The lowest BCUT2D eigenvalue weighted by Crippen LogP contribution is -2.00. The predicted octanol–water partition coefficient (Wildman–Crippen LogP) is 2.42. The van der Waals surface area contributed by atoms with E-state index >= 15 is 0 Å². The van der Waals surface area contributed by atoms with E-state index < -0.39 is 11.8 Å². The number of aromatic carboxylic acids is 1. The van der Waals surface area contributed by atoms with Gasteiger partial charge in [0.25, 0.3) is 0 Å². The van der Waals surface area contributed by atoms with Crippen LogP contribution in [0.3, 0.4) is 0 Å². The van der Waals surface area contributed by atoms with Crippen LogP contribution in [0.2, 0.25) is 0 Å². The summed E-state index contributed by atoms with van der Waals surface area (Å²) in [7, 11) is 0. The molecule has 0 saturated carbocycles. The molecule has 5 heteroatoms. The molecule has 0 aliphatic carbocycles. The maximum atomic E-state index is 12.7. The van der Waals surface area contributed by atoms with Crippen LogP contribution in [0, 0.1) is 9.39 Å². The minimum atomic E-state index is -1.07. The van der Waals surface area contributed by atoms with Crippen molar-refractivity contribution in [3.8, 4) is 0 Å². The van der Waals surface area contributed by atoms with Gasteiger partial charge >= 0.3 is 5.97 Å². The fourth-order valence-corrected chi connectivity index (χ4v) is 1.55. The van der Waals surface area contributed by atoms with Crippen LogP contribution in [-0.2, 0) is 0 Å². The Balaban J connectivity index is 3.33. The first kappa shape index (κ1) is 9.79. The molecule has 12 heavy (non-hydrogen) atoms. The van der Waals surface area contributed by atoms with Crippen molar-refractivity contribution >= 4 is 41.2 Å². The highest BCUT2D eigenvalue weighted by atomic mass is 127. The molecule has 1 rings (SSSR count). The molecule has 1 N–H and O–H groups in total. The highest BCUT2D eigenvalue weighted by Gasteiger charge is 2.11. The fraction of sp³-hybridized carbons (Fsp3) is 0. The molecule has 0 radical (unpaired) electrons. The van der Waals surface area contributed by atoms with Gasteiger partial charge in [0, 0.05) is 8.47 Å². The summed E-state index contributed by atoms with van der Waals surface area (Å²) in [5.41, 5.74) is 0.0713. The van der Waals surface area contributed by atoms with E-state index in [0.29, 0.717) is 3.57 Å². The largest absolute Gasteiger partial charge is 0.478 e. The molecule has 0 atom stereocenters. The summed E-state index contributed by atoms with van der Waals surface area (Å²) < 4.78 is 13.1. The highest BCUT2D eigenvalue weighted by Crippen LogP contribution is 2.20. The lowest BCUT2D eigenvalue weighted by atomic mass is 10.2. The third-order valence-electron chi connectivity index (χ3n) is 1.27. The van der Waals surface area contributed by atoms with Crippen molar-refractivity contribution < 1.29 is 14.3 Å². The van der Waals surface area contributed by atoms with Crippen LogP contribution in [0.15, 0.2) is 17.0 Å². The second-order valence-corrected chi connectivity index (χ2v) is 3.73. The Morgan fingerprint density at radius 2 is 2.17 bits per heavy atom. The van der Waals surface area contributed by atoms with Crippen LogP contribution >= 0.6 is 35.2 Å². The van der Waals surface area contributed by atoms with Gasteiger partial charge in [0.15, 0.2) is 0 Å². The van der Waals surface area contributed by atoms with Gasteiger partial charge in [-0.1, -0.05) is 0 Å². The van der Waals surface area contributed by atoms with Gasteiger partial charge in [-0.2, -0.15) is 0 Å². The van der Waals surface area contributed by atoms with Gasteiger partial charge in [0.2, 0.25) is 0 Å². The lowest BCUT2D eigenvalue weighted by Gasteiger charge is -2.00. The second kappa shape index (κ2) is 3.61. The van der Waals surface area contributed by atoms with Crippen molar-refractivity contribution in [2.24, 2.45) is 0 Å². The van der Waals surface area contributed by atoms with Crippen LogP contribution < -0.4 is 0 Å². The molecule has 0 fully saturated rings. The van der Waals surface area contributed by atoms with Crippen molar-refractivity contribution in [2.75, 3.05) is 0 Å². The Morgan fingerprint density at radius 3 is 2.67 bits per heavy atom. The number of rotatable bonds is 1. The van der Waals surface area contributed by atoms with Crippen LogP contribution in [0.1, 0.15) is 10.4 Å². The van der Waals surface area contributed by atoms with Crippen LogP contribution in [0.25, 0.3) is 0 Å². The lowest BCUT2D eigenvalue weighted by molar-refractivity contribution is 0.0695. The second-order valence-electron chi connectivity index (χ2n) is 2.09. The third kappa shape index (κ3) is 1.89. The number of carboxylic acid groups (broad SMARTS) is 1. The standard InChI is InChI=1S/C7H4FIO2S/c8-4-2-5(9)3(7(10)11)1-6(4)12/h1-2,12H,(H,10,11). The van der Waals surface area contributed by atoms with Gasteiger partial charge in [-0.05, 0) is 34.7 Å². The Labute approximate surface area is 87.3 Å². The molecule has 0 aromatic heterocycles.